The number of pyridine rings is 1. The maximum absolute atomic E-state index is 12.7. The van der Waals surface area contributed by atoms with Crippen LogP contribution >= 0.6 is 0 Å². The number of nitrogens with zero attached hydrogens (tertiary/aromatic N) is 6. The van der Waals surface area contributed by atoms with Gasteiger partial charge in [0, 0.05) is 45.8 Å². The lowest BCUT2D eigenvalue weighted by Crippen LogP contribution is -2.43. The van der Waals surface area contributed by atoms with Crippen LogP contribution in [-0.4, -0.2) is 47.6 Å². The standard InChI is InChI=1S/C17H20N6O2/c1-20-10-8-19-15(20)16(24)22-9-4-5-12(11-22)23-14-13(6-3-7-18-14)21(2)17(23)25/h3,6-8,10,12H,4-5,9,11H2,1-2H3/t12-/m0/s1. The third-order valence-electron chi connectivity index (χ3n) is 4.91. The molecule has 1 aliphatic heterocycles. The van der Waals surface area contributed by atoms with Gasteiger partial charge in [0.1, 0.15) is 0 Å². The number of hydrogen-bond donors (Lipinski definition) is 0. The molecule has 3 aromatic heterocycles. The van der Waals surface area contributed by atoms with Gasteiger partial charge in [0.2, 0.25) is 0 Å². The van der Waals surface area contributed by atoms with Crippen LogP contribution in [0.15, 0.2) is 35.5 Å². The molecule has 4 heterocycles. The van der Waals surface area contributed by atoms with Gasteiger partial charge in [-0.05, 0) is 25.0 Å². The van der Waals surface area contributed by atoms with E-state index in [2.05, 4.69) is 9.97 Å². The minimum absolute atomic E-state index is 0.0796. The highest BCUT2D eigenvalue weighted by Crippen LogP contribution is 2.24. The van der Waals surface area contributed by atoms with Gasteiger partial charge in [-0.3, -0.25) is 13.9 Å². The van der Waals surface area contributed by atoms with Crippen LogP contribution < -0.4 is 5.69 Å². The second kappa shape index (κ2) is 5.87. The number of carbonyl (C=O) groups is 1. The van der Waals surface area contributed by atoms with Gasteiger partial charge in [0.15, 0.2) is 11.5 Å². The summed E-state index contributed by atoms with van der Waals surface area (Å²) in [5, 5.41) is 0. The number of likely N-dealkylation sites (tertiary alicyclic amines) is 1. The van der Waals surface area contributed by atoms with Gasteiger partial charge in [-0.25, -0.2) is 14.8 Å². The van der Waals surface area contributed by atoms with E-state index in [9.17, 15) is 9.59 Å². The highest BCUT2D eigenvalue weighted by atomic mass is 16.2. The number of aromatic nitrogens is 5. The van der Waals surface area contributed by atoms with Gasteiger partial charge in [-0.15, -0.1) is 0 Å². The van der Waals surface area contributed by atoms with E-state index in [-0.39, 0.29) is 17.6 Å². The predicted octanol–water partition coefficient (Wildman–Crippen LogP) is 0.946. The zero-order chi connectivity index (χ0) is 17.6. The highest BCUT2D eigenvalue weighted by Gasteiger charge is 2.29. The molecule has 130 valence electrons. The van der Waals surface area contributed by atoms with Crippen LogP contribution in [0.3, 0.4) is 0 Å². The Morgan fingerprint density at radius 3 is 2.84 bits per heavy atom. The molecule has 0 unspecified atom stereocenters. The lowest BCUT2D eigenvalue weighted by molar-refractivity contribution is 0.0663. The van der Waals surface area contributed by atoms with E-state index in [4.69, 9.17) is 0 Å². The molecule has 25 heavy (non-hydrogen) atoms. The fraction of sp³-hybridized carbons (Fsp3) is 0.412. The Bertz CT molecular complexity index is 998. The summed E-state index contributed by atoms with van der Waals surface area (Å²) >= 11 is 0. The van der Waals surface area contributed by atoms with E-state index in [0.29, 0.717) is 24.6 Å². The maximum atomic E-state index is 12.7. The smallest absolute Gasteiger partial charge is 0.330 e. The molecule has 0 aliphatic carbocycles. The van der Waals surface area contributed by atoms with Crippen molar-refractivity contribution in [2.45, 2.75) is 18.9 Å². The van der Waals surface area contributed by atoms with Gasteiger partial charge in [0.05, 0.1) is 11.6 Å². The van der Waals surface area contributed by atoms with Gasteiger partial charge < -0.3 is 9.47 Å². The Morgan fingerprint density at radius 2 is 2.08 bits per heavy atom. The average Bonchev–Trinajstić information content (AvgIpc) is 3.17. The monoisotopic (exact) mass is 340 g/mol. The number of piperidine rings is 1. The van der Waals surface area contributed by atoms with Crippen molar-refractivity contribution in [1.29, 1.82) is 0 Å². The van der Waals surface area contributed by atoms with E-state index in [0.717, 1.165) is 18.4 Å². The zero-order valence-corrected chi connectivity index (χ0v) is 14.3. The minimum atomic E-state index is -0.0987. The highest BCUT2D eigenvalue weighted by molar-refractivity contribution is 5.90. The second-order valence-electron chi connectivity index (χ2n) is 6.47. The summed E-state index contributed by atoms with van der Waals surface area (Å²) in [6, 6.07) is 3.63. The fourth-order valence-electron chi connectivity index (χ4n) is 3.58. The predicted molar refractivity (Wildman–Crippen MR) is 92.4 cm³/mol. The Morgan fingerprint density at radius 1 is 1.24 bits per heavy atom. The summed E-state index contributed by atoms with van der Waals surface area (Å²) in [5.41, 5.74) is 1.39. The molecule has 3 aromatic rings. The molecule has 8 heteroatoms. The molecule has 0 aromatic carbocycles. The maximum Gasteiger partial charge on any atom is 0.330 e. The van der Waals surface area contributed by atoms with Crippen molar-refractivity contribution in [3.8, 4) is 0 Å². The quantitative estimate of drug-likeness (QED) is 0.696. The molecule has 1 aliphatic rings. The molecule has 1 saturated heterocycles. The SMILES string of the molecule is Cn1ccnc1C(=O)N1CCC[C@H](n2c(=O)n(C)c3cccnc32)C1. The Labute approximate surface area is 144 Å². The second-order valence-corrected chi connectivity index (χ2v) is 6.47. The van der Waals surface area contributed by atoms with Gasteiger partial charge in [-0.1, -0.05) is 0 Å². The Balaban J connectivity index is 1.69. The van der Waals surface area contributed by atoms with Crippen LogP contribution in [0.4, 0.5) is 0 Å². The number of amides is 1. The molecule has 4 rings (SSSR count). The van der Waals surface area contributed by atoms with Crippen molar-refractivity contribution in [2.24, 2.45) is 14.1 Å². The fourth-order valence-corrected chi connectivity index (χ4v) is 3.58. The van der Waals surface area contributed by atoms with E-state index in [1.807, 2.05) is 12.1 Å². The molecular weight excluding hydrogens is 320 g/mol. The molecular formula is C17H20N6O2. The van der Waals surface area contributed by atoms with Crippen molar-refractivity contribution in [1.82, 2.24) is 28.6 Å². The third-order valence-corrected chi connectivity index (χ3v) is 4.91. The lowest BCUT2D eigenvalue weighted by Gasteiger charge is -2.32. The topological polar surface area (TPSA) is 78.0 Å². The largest absolute Gasteiger partial charge is 0.334 e. The first-order valence-corrected chi connectivity index (χ1v) is 8.36. The number of carbonyl (C=O) groups excluding carboxylic acids is 1. The molecule has 0 N–H and O–H groups in total. The molecule has 0 radical (unpaired) electrons. The molecule has 1 fully saturated rings. The molecule has 8 nitrogen and oxygen atoms in total. The van der Waals surface area contributed by atoms with Crippen molar-refractivity contribution < 1.29 is 4.79 Å². The summed E-state index contributed by atoms with van der Waals surface area (Å²) in [7, 11) is 3.56. The molecule has 1 atom stereocenters. The van der Waals surface area contributed by atoms with E-state index in [1.165, 1.54) is 0 Å². The van der Waals surface area contributed by atoms with E-state index < -0.39 is 0 Å². The van der Waals surface area contributed by atoms with Crippen LogP contribution in [0.2, 0.25) is 0 Å². The molecule has 0 saturated carbocycles. The normalized spacial score (nSPS) is 18.0. The summed E-state index contributed by atoms with van der Waals surface area (Å²) in [4.78, 5) is 35.8. The van der Waals surface area contributed by atoms with Crippen LogP contribution in [0.5, 0.6) is 0 Å². The molecule has 0 spiro atoms. The van der Waals surface area contributed by atoms with E-state index in [1.54, 1.807) is 51.3 Å². The van der Waals surface area contributed by atoms with Gasteiger partial charge in [-0.2, -0.15) is 0 Å². The summed E-state index contributed by atoms with van der Waals surface area (Å²) in [6.07, 6.45) is 6.76. The van der Waals surface area contributed by atoms with Crippen LogP contribution in [0.1, 0.15) is 29.5 Å². The van der Waals surface area contributed by atoms with Crippen molar-refractivity contribution in [2.75, 3.05) is 13.1 Å². The lowest BCUT2D eigenvalue weighted by atomic mass is 10.1. The van der Waals surface area contributed by atoms with Crippen molar-refractivity contribution >= 4 is 17.1 Å². The Kier molecular flexibility index (Phi) is 3.67. The molecule has 0 bridgehead atoms. The van der Waals surface area contributed by atoms with Crippen LogP contribution in [-0.2, 0) is 14.1 Å². The van der Waals surface area contributed by atoms with Crippen LogP contribution in [0.25, 0.3) is 11.2 Å². The number of hydrogen-bond acceptors (Lipinski definition) is 4. The van der Waals surface area contributed by atoms with Crippen molar-refractivity contribution in [3.63, 3.8) is 0 Å². The summed E-state index contributed by atoms with van der Waals surface area (Å²) in [5.74, 6) is 0.322. The first-order valence-electron chi connectivity index (χ1n) is 8.36. The van der Waals surface area contributed by atoms with Gasteiger partial charge >= 0.3 is 5.69 Å². The van der Waals surface area contributed by atoms with E-state index >= 15 is 0 Å². The molecule has 1 amide bonds. The minimum Gasteiger partial charge on any atom is -0.334 e. The van der Waals surface area contributed by atoms with Crippen molar-refractivity contribution in [3.05, 3.63) is 47.0 Å². The summed E-state index contributed by atoms with van der Waals surface area (Å²) < 4.78 is 5.06. The average molecular weight is 340 g/mol. The Hall–Kier alpha value is -2.90. The number of rotatable bonds is 2. The first kappa shape index (κ1) is 15.6. The zero-order valence-electron chi connectivity index (χ0n) is 14.3. The van der Waals surface area contributed by atoms with Gasteiger partial charge in [0.25, 0.3) is 5.91 Å². The third kappa shape index (κ3) is 2.45. The summed E-state index contributed by atoms with van der Waals surface area (Å²) in [6.45, 7) is 1.16. The van der Waals surface area contributed by atoms with Crippen LogP contribution in [0, 0.1) is 0 Å². The first-order chi connectivity index (χ1) is 12.1. The number of fused-ring (bicyclic) bond motifs is 1. The number of imidazole rings is 2. The number of aryl methyl sites for hydroxylation is 2.